The van der Waals surface area contributed by atoms with Gasteiger partial charge in [-0.15, -0.1) is 0 Å². The standard InChI is InChI=1S/C21H20O/c22-21-17-9-7-15(13-3-1-4-13)11-19(17)20-12-16(8-10-18(20)21)14-5-2-6-14/h7-14H,1-6H2. The van der Waals surface area contributed by atoms with E-state index in [9.17, 15) is 4.79 Å². The summed E-state index contributed by atoms with van der Waals surface area (Å²) in [6.45, 7) is 0. The van der Waals surface area contributed by atoms with E-state index in [1.54, 1.807) is 0 Å². The summed E-state index contributed by atoms with van der Waals surface area (Å²) in [4.78, 5) is 12.6. The third kappa shape index (κ3) is 1.68. The van der Waals surface area contributed by atoms with Crippen LogP contribution >= 0.6 is 0 Å². The lowest BCUT2D eigenvalue weighted by Gasteiger charge is -2.27. The third-order valence-electron chi connectivity index (χ3n) is 6.02. The lowest BCUT2D eigenvalue weighted by Crippen LogP contribution is -2.09. The fourth-order valence-corrected chi connectivity index (χ4v) is 4.10. The lowest BCUT2D eigenvalue weighted by atomic mass is 9.78. The SMILES string of the molecule is O=C1c2ccc(C3CCC3)cc2-c2cc(C3CCC3)ccc21. The van der Waals surface area contributed by atoms with Gasteiger partial charge in [0.15, 0.2) is 5.78 Å². The lowest BCUT2D eigenvalue weighted by molar-refractivity contribution is 0.104. The molecular formula is C21H20O. The minimum absolute atomic E-state index is 0.213. The molecule has 2 saturated carbocycles. The van der Waals surface area contributed by atoms with Gasteiger partial charge in [0.05, 0.1) is 0 Å². The van der Waals surface area contributed by atoms with Crippen molar-refractivity contribution in [2.75, 3.05) is 0 Å². The molecule has 2 fully saturated rings. The highest BCUT2D eigenvalue weighted by Gasteiger charge is 2.30. The molecule has 1 heteroatoms. The van der Waals surface area contributed by atoms with Crippen LogP contribution in [0, 0.1) is 0 Å². The molecule has 1 nitrogen and oxygen atoms in total. The summed E-state index contributed by atoms with van der Waals surface area (Å²) in [5, 5.41) is 0. The van der Waals surface area contributed by atoms with Crippen molar-refractivity contribution in [1.29, 1.82) is 0 Å². The maximum Gasteiger partial charge on any atom is 0.194 e. The third-order valence-corrected chi connectivity index (χ3v) is 6.02. The molecule has 0 radical (unpaired) electrons. The van der Waals surface area contributed by atoms with Crippen LogP contribution in [-0.4, -0.2) is 5.78 Å². The number of carbonyl (C=O) groups is 1. The molecule has 110 valence electrons. The number of carbonyl (C=O) groups excluding carboxylic acids is 1. The van der Waals surface area contributed by atoms with Crippen LogP contribution in [0.3, 0.4) is 0 Å². The molecule has 0 spiro atoms. The Balaban J connectivity index is 1.63. The molecule has 0 N–H and O–H groups in total. The van der Waals surface area contributed by atoms with E-state index in [2.05, 4.69) is 36.4 Å². The van der Waals surface area contributed by atoms with Crippen molar-refractivity contribution in [1.82, 2.24) is 0 Å². The predicted molar refractivity (Wildman–Crippen MR) is 88.5 cm³/mol. The van der Waals surface area contributed by atoms with Crippen LogP contribution in [0.1, 0.15) is 77.4 Å². The molecule has 22 heavy (non-hydrogen) atoms. The Hall–Kier alpha value is -1.89. The zero-order valence-electron chi connectivity index (χ0n) is 12.8. The van der Waals surface area contributed by atoms with Gasteiger partial charge in [0.25, 0.3) is 0 Å². The summed E-state index contributed by atoms with van der Waals surface area (Å²) in [6.07, 6.45) is 7.93. The number of ketones is 1. The van der Waals surface area contributed by atoms with Crippen molar-refractivity contribution in [3.05, 3.63) is 58.7 Å². The summed E-state index contributed by atoms with van der Waals surface area (Å²) >= 11 is 0. The molecule has 0 atom stereocenters. The van der Waals surface area contributed by atoms with Gasteiger partial charge >= 0.3 is 0 Å². The maximum atomic E-state index is 12.6. The molecular weight excluding hydrogens is 268 g/mol. The molecule has 0 aromatic heterocycles. The summed E-state index contributed by atoms with van der Waals surface area (Å²) in [5.41, 5.74) is 7.04. The molecule has 0 unspecified atom stereocenters. The van der Waals surface area contributed by atoms with Gasteiger partial charge in [0.1, 0.15) is 0 Å². The number of rotatable bonds is 2. The highest BCUT2D eigenvalue weighted by Crippen LogP contribution is 2.44. The predicted octanol–water partition coefficient (Wildman–Crippen LogP) is 5.43. The van der Waals surface area contributed by atoms with Crippen LogP contribution in [0.2, 0.25) is 0 Å². The quantitative estimate of drug-likeness (QED) is 0.614. The Bertz CT molecular complexity index is 713. The smallest absolute Gasteiger partial charge is 0.194 e. The summed E-state index contributed by atoms with van der Waals surface area (Å²) in [7, 11) is 0. The second-order valence-corrected chi connectivity index (χ2v) is 7.19. The van der Waals surface area contributed by atoms with E-state index in [4.69, 9.17) is 0 Å². The Kier molecular flexibility index (Phi) is 2.61. The van der Waals surface area contributed by atoms with E-state index in [-0.39, 0.29) is 5.78 Å². The monoisotopic (exact) mass is 288 g/mol. The van der Waals surface area contributed by atoms with Crippen molar-refractivity contribution < 1.29 is 4.79 Å². The van der Waals surface area contributed by atoms with E-state index in [1.165, 1.54) is 60.8 Å². The Morgan fingerprint density at radius 2 is 1.09 bits per heavy atom. The van der Waals surface area contributed by atoms with Crippen LogP contribution in [0.15, 0.2) is 36.4 Å². The second kappa shape index (κ2) is 4.55. The molecule has 0 aliphatic heterocycles. The van der Waals surface area contributed by atoms with E-state index in [0.717, 1.165) is 23.0 Å². The normalized spacial score (nSPS) is 20.3. The second-order valence-electron chi connectivity index (χ2n) is 7.19. The van der Waals surface area contributed by atoms with Crippen molar-refractivity contribution in [2.24, 2.45) is 0 Å². The van der Waals surface area contributed by atoms with Crippen LogP contribution in [0.5, 0.6) is 0 Å². The number of hydrogen-bond donors (Lipinski definition) is 0. The van der Waals surface area contributed by atoms with Gasteiger partial charge in [-0.05, 0) is 59.8 Å². The van der Waals surface area contributed by atoms with Crippen LogP contribution < -0.4 is 0 Å². The Morgan fingerprint density at radius 1 is 0.636 bits per heavy atom. The van der Waals surface area contributed by atoms with E-state index < -0.39 is 0 Å². The first-order valence-corrected chi connectivity index (χ1v) is 8.64. The molecule has 3 aliphatic rings. The van der Waals surface area contributed by atoms with Crippen molar-refractivity contribution in [2.45, 2.75) is 50.4 Å². The molecule has 5 rings (SSSR count). The number of fused-ring (bicyclic) bond motifs is 3. The van der Waals surface area contributed by atoms with Crippen molar-refractivity contribution >= 4 is 5.78 Å². The van der Waals surface area contributed by atoms with Gasteiger partial charge in [0, 0.05) is 11.1 Å². The Labute approximate surface area is 131 Å². The first kappa shape index (κ1) is 12.6. The highest BCUT2D eigenvalue weighted by atomic mass is 16.1. The summed E-state index contributed by atoms with van der Waals surface area (Å²) < 4.78 is 0. The molecule has 0 bridgehead atoms. The highest BCUT2D eigenvalue weighted by molar-refractivity contribution is 6.21. The van der Waals surface area contributed by atoms with Gasteiger partial charge in [0.2, 0.25) is 0 Å². The maximum absolute atomic E-state index is 12.6. The number of hydrogen-bond acceptors (Lipinski definition) is 1. The van der Waals surface area contributed by atoms with Gasteiger partial charge in [-0.25, -0.2) is 0 Å². The number of benzene rings is 2. The van der Waals surface area contributed by atoms with Crippen molar-refractivity contribution in [3.63, 3.8) is 0 Å². The largest absolute Gasteiger partial charge is 0.289 e. The van der Waals surface area contributed by atoms with Crippen molar-refractivity contribution in [3.8, 4) is 11.1 Å². The average molecular weight is 288 g/mol. The molecule has 2 aromatic rings. The fraction of sp³-hybridized carbons (Fsp3) is 0.381. The zero-order chi connectivity index (χ0) is 14.7. The van der Waals surface area contributed by atoms with Crippen LogP contribution in [-0.2, 0) is 0 Å². The molecule has 2 aromatic carbocycles. The Morgan fingerprint density at radius 3 is 1.45 bits per heavy atom. The fourth-order valence-electron chi connectivity index (χ4n) is 4.10. The first-order valence-electron chi connectivity index (χ1n) is 8.64. The minimum atomic E-state index is 0.213. The molecule has 0 heterocycles. The topological polar surface area (TPSA) is 17.1 Å². The molecule has 0 saturated heterocycles. The zero-order valence-corrected chi connectivity index (χ0v) is 12.8. The van der Waals surface area contributed by atoms with Gasteiger partial charge in [-0.1, -0.05) is 49.2 Å². The van der Waals surface area contributed by atoms with Crippen LogP contribution in [0.4, 0.5) is 0 Å². The molecule has 3 aliphatic carbocycles. The minimum Gasteiger partial charge on any atom is -0.289 e. The summed E-state index contributed by atoms with van der Waals surface area (Å²) in [5.74, 6) is 1.66. The first-order chi connectivity index (χ1) is 10.8. The van der Waals surface area contributed by atoms with E-state index in [1.807, 2.05) is 0 Å². The average Bonchev–Trinajstić information content (AvgIpc) is 2.68. The van der Waals surface area contributed by atoms with E-state index in [0.29, 0.717) is 0 Å². The van der Waals surface area contributed by atoms with Gasteiger partial charge in [-0.2, -0.15) is 0 Å². The van der Waals surface area contributed by atoms with E-state index >= 15 is 0 Å². The molecule has 0 amide bonds. The summed E-state index contributed by atoms with van der Waals surface area (Å²) in [6, 6.07) is 13.1. The van der Waals surface area contributed by atoms with Gasteiger partial charge in [-0.3, -0.25) is 4.79 Å². The van der Waals surface area contributed by atoms with Crippen LogP contribution in [0.25, 0.3) is 11.1 Å². The van der Waals surface area contributed by atoms with Gasteiger partial charge < -0.3 is 0 Å².